The number of benzene rings is 1. The van der Waals surface area contributed by atoms with Crippen LogP contribution in [-0.4, -0.2) is 20.4 Å². The van der Waals surface area contributed by atoms with E-state index < -0.39 is 0 Å². The number of aromatic nitrogens is 3. The predicted molar refractivity (Wildman–Crippen MR) is 85.5 cm³/mol. The molecule has 3 rings (SSSR count). The van der Waals surface area contributed by atoms with Crippen molar-refractivity contribution in [1.29, 1.82) is 0 Å². The van der Waals surface area contributed by atoms with E-state index in [0.717, 1.165) is 27.9 Å². The van der Waals surface area contributed by atoms with Crippen molar-refractivity contribution in [1.82, 2.24) is 14.5 Å². The van der Waals surface area contributed by atoms with E-state index in [-0.39, 0.29) is 5.91 Å². The molecule has 2 heterocycles. The van der Waals surface area contributed by atoms with Crippen molar-refractivity contribution in [2.24, 2.45) is 5.92 Å². The molecule has 0 N–H and O–H groups in total. The SMILES string of the molecule is CC(C)CCC(=O)n1cnc2ccc(-c3cncs3)cc21. The van der Waals surface area contributed by atoms with Crippen LogP contribution in [0.25, 0.3) is 21.5 Å². The summed E-state index contributed by atoms with van der Waals surface area (Å²) < 4.78 is 1.67. The van der Waals surface area contributed by atoms with Crippen LogP contribution in [-0.2, 0) is 0 Å². The first-order chi connectivity index (χ1) is 10.1. The fourth-order valence-electron chi connectivity index (χ4n) is 2.25. The summed E-state index contributed by atoms with van der Waals surface area (Å²) in [5.41, 5.74) is 4.60. The molecule has 0 radical (unpaired) electrons. The minimum atomic E-state index is 0.104. The summed E-state index contributed by atoms with van der Waals surface area (Å²) in [6, 6.07) is 5.99. The monoisotopic (exact) mass is 299 g/mol. The number of fused-ring (bicyclic) bond motifs is 1. The first-order valence-corrected chi connectivity index (χ1v) is 7.92. The van der Waals surface area contributed by atoms with Crippen molar-refractivity contribution in [2.75, 3.05) is 0 Å². The van der Waals surface area contributed by atoms with Crippen molar-refractivity contribution in [3.63, 3.8) is 0 Å². The second kappa shape index (κ2) is 5.77. The summed E-state index contributed by atoms with van der Waals surface area (Å²) >= 11 is 1.59. The van der Waals surface area contributed by atoms with Crippen LogP contribution in [0.15, 0.2) is 36.2 Å². The molecular weight excluding hydrogens is 282 g/mol. The Hall–Kier alpha value is -2.01. The molecule has 21 heavy (non-hydrogen) atoms. The lowest BCUT2D eigenvalue weighted by Crippen LogP contribution is -2.10. The Morgan fingerprint density at radius 1 is 1.38 bits per heavy atom. The number of nitrogens with zero attached hydrogens (tertiary/aromatic N) is 3. The van der Waals surface area contributed by atoms with E-state index in [1.54, 1.807) is 22.2 Å². The van der Waals surface area contributed by atoms with E-state index in [1.165, 1.54) is 0 Å². The molecule has 0 bridgehead atoms. The van der Waals surface area contributed by atoms with Gasteiger partial charge in [-0.1, -0.05) is 19.9 Å². The molecule has 0 saturated carbocycles. The Morgan fingerprint density at radius 2 is 2.24 bits per heavy atom. The van der Waals surface area contributed by atoms with Gasteiger partial charge in [-0.15, -0.1) is 11.3 Å². The highest BCUT2D eigenvalue weighted by Crippen LogP contribution is 2.26. The third-order valence-electron chi connectivity index (χ3n) is 3.47. The molecule has 0 aliphatic carbocycles. The maximum atomic E-state index is 12.3. The molecule has 3 aromatic rings. The molecule has 0 unspecified atom stereocenters. The van der Waals surface area contributed by atoms with Gasteiger partial charge in [0.25, 0.3) is 0 Å². The minimum Gasteiger partial charge on any atom is -0.274 e. The van der Waals surface area contributed by atoms with Crippen LogP contribution < -0.4 is 0 Å². The molecule has 0 aliphatic rings. The molecule has 2 aromatic heterocycles. The topological polar surface area (TPSA) is 47.8 Å². The lowest BCUT2D eigenvalue weighted by molar-refractivity contribution is 0.0900. The zero-order valence-corrected chi connectivity index (χ0v) is 12.9. The van der Waals surface area contributed by atoms with E-state index in [9.17, 15) is 4.79 Å². The molecule has 0 amide bonds. The van der Waals surface area contributed by atoms with Gasteiger partial charge in [0.2, 0.25) is 5.91 Å². The maximum Gasteiger partial charge on any atom is 0.232 e. The van der Waals surface area contributed by atoms with Crippen LogP contribution in [0.5, 0.6) is 0 Å². The van der Waals surface area contributed by atoms with Gasteiger partial charge in [0.1, 0.15) is 6.33 Å². The Labute approximate surface area is 127 Å². The quantitative estimate of drug-likeness (QED) is 0.724. The maximum absolute atomic E-state index is 12.3. The smallest absolute Gasteiger partial charge is 0.232 e. The van der Waals surface area contributed by atoms with Gasteiger partial charge in [-0.2, -0.15) is 0 Å². The van der Waals surface area contributed by atoms with Crippen molar-refractivity contribution in [3.05, 3.63) is 36.2 Å². The van der Waals surface area contributed by atoms with Gasteiger partial charge in [-0.05, 0) is 30.0 Å². The van der Waals surface area contributed by atoms with E-state index in [2.05, 4.69) is 23.8 Å². The van der Waals surface area contributed by atoms with Gasteiger partial charge in [0.05, 0.1) is 21.4 Å². The fraction of sp³-hybridized carbons (Fsp3) is 0.312. The van der Waals surface area contributed by atoms with E-state index >= 15 is 0 Å². The number of hydrogen-bond donors (Lipinski definition) is 0. The van der Waals surface area contributed by atoms with E-state index in [4.69, 9.17) is 0 Å². The number of carbonyl (C=O) groups is 1. The Balaban J connectivity index is 1.96. The normalized spacial score (nSPS) is 11.4. The Morgan fingerprint density at radius 3 is 2.95 bits per heavy atom. The number of carbonyl (C=O) groups excluding carboxylic acids is 1. The van der Waals surface area contributed by atoms with Crippen LogP contribution >= 0.6 is 11.3 Å². The van der Waals surface area contributed by atoms with Crippen molar-refractivity contribution in [2.45, 2.75) is 26.7 Å². The lowest BCUT2D eigenvalue weighted by atomic mass is 10.1. The highest BCUT2D eigenvalue weighted by atomic mass is 32.1. The molecule has 0 fully saturated rings. The van der Waals surface area contributed by atoms with Gasteiger partial charge < -0.3 is 0 Å². The number of imidazole rings is 1. The molecule has 0 spiro atoms. The van der Waals surface area contributed by atoms with Crippen LogP contribution in [0.1, 0.15) is 31.5 Å². The Kier molecular flexibility index (Phi) is 3.84. The first-order valence-electron chi connectivity index (χ1n) is 7.04. The van der Waals surface area contributed by atoms with Crippen molar-refractivity contribution in [3.8, 4) is 10.4 Å². The summed E-state index contributed by atoms with van der Waals surface area (Å²) in [6.45, 7) is 4.25. The van der Waals surface area contributed by atoms with Crippen LogP contribution in [0.2, 0.25) is 0 Å². The van der Waals surface area contributed by atoms with E-state index in [0.29, 0.717) is 12.3 Å². The number of hydrogen-bond acceptors (Lipinski definition) is 4. The third kappa shape index (κ3) is 2.88. The van der Waals surface area contributed by atoms with Gasteiger partial charge >= 0.3 is 0 Å². The van der Waals surface area contributed by atoms with Crippen LogP contribution in [0.4, 0.5) is 0 Å². The minimum absolute atomic E-state index is 0.104. The summed E-state index contributed by atoms with van der Waals surface area (Å²) in [6.07, 6.45) is 4.91. The Bertz CT molecular complexity index is 759. The highest BCUT2D eigenvalue weighted by molar-refractivity contribution is 7.13. The average molecular weight is 299 g/mol. The van der Waals surface area contributed by atoms with Gasteiger partial charge in [-0.3, -0.25) is 14.3 Å². The molecule has 0 saturated heterocycles. The molecule has 1 aromatic carbocycles. The van der Waals surface area contributed by atoms with Crippen molar-refractivity contribution < 1.29 is 4.79 Å². The number of thiazole rings is 1. The first kappa shape index (κ1) is 13.9. The summed E-state index contributed by atoms with van der Waals surface area (Å²) in [7, 11) is 0. The molecule has 4 nitrogen and oxygen atoms in total. The summed E-state index contributed by atoms with van der Waals surface area (Å²) in [4.78, 5) is 21.9. The molecule has 0 atom stereocenters. The molecule has 5 heteroatoms. The van der Waals surface area contributed by atoms with Gasteiger partial charge in [0.15, 0.2) is 0 Å². The largest absolute Gasteiger partial charge is 0.274 e. The zero-order valence-electron chi connectivity index (χ0n) is 12.1. The predicted octanol–water partition coefficient (Wildman–Crippen LogP) is 4.24. The second-order valence-corrected chi connectivity index (χ2v) is 6.40. The van der Waals surface area contributed by atoms with Crippen molar-refractivity contribution >= 4 is 28.3 Å². The second-order valence-electron chi connectivity index (χ2n) is 5.51. The van der Waals surface area contributed by atoms with Gasteiger partial charge in [0, 0.05) is 12.6 Å². The van der Waals surface area contributed by atoms with Gasteiger partial charge in [-0.25, -0.2) is 4.98 Å². The van der Waals surface area contributed by atoms with Crippen LogP contribution in [0, 0.1) is 5.92 Å². The lowest BCUT2D eigenvalue weighted by Gasteiger charge is -2.06. The van der Waals surface area contributed by atoms with E-state index in [1.807, 2.05) is 29.9 Å². The molecule has 108 valence electrons. The van der Waals surface area contributed by atoms with Crippen LogP contribution in [0.3, 0.4) is 0 Å². The average Bonchev–Trinajstić information content (AvgIpc) is 3.13. The summed E-state index contributed by atoms with van der Waals surface area (Å²) in [5.74, 6) is 0.629. The molecular formula is C16H17N3OS. The highest BCUT2D eigenvalue weighted by Gasteiger charge is 2.12. The number of rotatable bonds is 4. The molecule has 0 aliphatic heterocycles. The zero-order chi connectivity index (χ0) is 14.8. The fourth-order valence-corrected chi connectivity index (χ4v) is 2.87. The third-order valence-corrected chi connectivity index (χ3v) is 4.29. The standard InChI is InChI=1S/C16H17N3OS/c1-11(2)3-6-16(20)19-9-18-13-5-4-12(7-14(13)19)15-8-17-10-21-15/h4-5,7-11H,3,6H2,1-2H3. The summed E-state index contributed by atoms with van der Waals surface area (Å²) in [5, 5.41) is 0.